The van der Waals surface area contributed by atoms with Crippen LogP contribution in [-0.2, 0) is 0 Å². The van der Waals surface area contributed by atoms with Crippen LogP contribution >= 0.6 is 22.6 Å². The number of hydrogen-bond acceptors (Lipinski definition) is 1. The van der Waals surface area contributed by atoms with Crippen molar-refractivity contribution in [1.29, 1.82) is 0 Å². The van der Waals surface area contributed by atoms with Crippen LogP contribution < -0.4 is 0 Å². The number of phenols is 1. The summed E-state index contributed by atoms with van der Waals surface area (Å²) >= 11 is 2.34. The lowest BCUT2D eigenvalue weighted by Crippen LogP contribution is -1.80. The quantitative estimate of drug-likeness (QED) is 0.598. The number of halogens is 1. The SMILES string of the molecule is CC(I)c1ccc(O)cc1. The van der Waals surface area contributed by atoms with Crippen LogP contribution in [0.5, 0.6) is 5.75 Å². The Kier molecular flexibility index (Phi) is 2.54. The first-order valence-corrected chi connectivity index (χ1v) is 4.37. The Morgan fingerprint density at radius 1 is 1.30 bits per heavy atom. The Balaban J connectivity index is 2.89. The van der Waals surface area contributed by atoms with E-state index in [1.54, 1.807) is 12.1 Å². The van der Waals surface area contributed by atoms with Gasteiger partial charge in [0.15, 0.2) is 0 Å². The Morgan fingerprint density at radius 2 is 1.80 bits per heavy atom. The second kappa shape index (κ2) is 3.23. The Bertz CT molecular complexity index is 203. The minimum atomic E-state index is 0.334. The second-order valence-corrected chi connectivity index (χ2v) is 4.08. The van der Waals surface area contributed by atoms with Crippen molar-refractivity contribution in [3.63, 3.8) is 0 Å². The van der Waals surface area contributed by atoms with Crippen LogP contribution in [0.3, 0.4) is 0 Å². The van der Waals surface area contributed by atoms with Gasteiger partial charge in [-0.3, -0.25) is 0 Å². The molecule has 1 rings (SSSR count). The third-order valence-corrected chi connectivity index (χ3v) is 2.07. The standard InChI is InChI=1S/C8H9IO/c1-6(9)7-2-4-8(10)5-3-7/h2-6,10H,1H3. The first kappa shape index (κ1) is 7.85. The van der Waals surface area contributed by atoms with Crippen LogP contribution in [0.2, 0.25) is 0 Å². The lowest BCUT2D eigenvalue weighted by atomic mass is 10.2. The largest absolute Gasteiger partial charge is 0.508 e. The van der Waals surface area contributed by atoms with E-state index >= 15 is 0 Å². The Labute approximate surface area is 74.2 Å². The number of benzene rings is 1. The maximum atomic E-state index is 8.94. The fraction of sp³-hybridized carbons (Fsp3) is 0.250. The normalized spacial score (nSPS) is 13.0. The fourth-order valence-corrected chi connectivity index (χ4v) is 1.15. The van der Waals surface area contributed by atoms with Crippen molar-refractivity contribution >= 4 is 22.6 Å². The molecule has 10 heavy (non-hydrogen) atoms. The minimum absolute atomic E-state index is 0.334. The molecule has 1 unspecified atom stereocenters. The monoisotopic (exact) mass is 248 g/mol. The minimum Gasteiger partial charge on any atom is -0.508 e. The van der Waals surface area contributed by atoms with Gasteiger partial charge in [-0.1, -0.05) is 34.7 Å². The summed E-state index contributed by atoms with van der Waals surface area (Å²) in [6, 6.07) is 7.30. The molecule has 2 heteroatoms. The highest BCUT2D eigenvalue weighted by Crippen LogP contribution is 2.23. The number of alkyl halides is 1. The van der Waals surface area contributed by atoms with Crippen molar-refractivity contribution in [2.75, 3.05) is 0 Å². The number of aromatic hydroxyl groups is 1. The number of rotatable bonds is 1. The van der Waals surface area contributed by atoms with Gasteiger partial charge in [-0.25, -0.2) is 0 Å². The second-order valence-electron chi connectivity index (χ2n) is 2.21. The van der Waals surface area contributed by atoms with Crippen LogP contribution in [0, 0.1) is 0 Å². The Morgan fingerprint density at radius 3 is 2.20 bits per heavy atom. The lowest BCUT2D eigenvalue weighted by molar-refractivity contribution is 0.475. The summed E-state index contributed by atoms with van der Waals surface area (Å²) in [5.74, 6) is 0.334. The molecule has 54 valence electrons. The summed E-state index contributed by atoms with van der Waals surface area (Å²) in [5, 5.41) is 8.94. The zero-order chi connectivity index (χ0) is 7.56. The molecule has 0 spiro atoms. The summed E-state index contributed by atoms with van der Waals surface area (Å²) in [4.78, 5) is 0. The van der Waals surface area contributed by atoms with Gasteiger partial charge in [0.25, 0.3) is 0 Å². The molecule has 0 aliphatic carbocycles. The van der Waals surface area contributed by atoms with E-state index in [-0.39, 0.29) is 0 Å². The molecule has 1 atom stereocenters. The highest BCUT2D eigenvalue weighted by atomic mass is 127. The zero-order valence-electron chi connectivity index (χ0n) is 5.71. The molecule has 0 aliphatic heterocycles. The van der Waals surface area contributed by atoms with Crippen molar-refractivity contribution in [2.24, 2.45) is 0 Å². The van der Waals surface area contributed by atoms with E-state index in [1.807, 2.05) is 12.1 Å². The molecule has 0 fully saturated rings. The predicted molar refractivity (Wildman–Crippen MR) is 50.5 cm³/mol. The summed E-state index contributed by atoms with van der Waals surface area (Å²) in [6.07, 6.45) is 0. The highest BCUT2D eigenvalue weighted by molar-refractivity contribution is 14.1. The number of hydrogen-bond donors (Lipinski definition) is 1. The molecule has 0 bridgehead atoms. The molecular formula is C8H9IO. The number of phenolic OH excluding ortho intramolecular Hbond substituents is 1. The molecule has 0 saturated carbocycles. The van der Waals surface area contributed by atoms with E-state index in [0.29, 0.717) is 9.67 Å². The van der Waals surface area contributed by atoms with Crippen molar-refractivity contribution in [1.82, 2.24) is 0 Å². The molecule has 0 aromatic heterocycles. The van der Waals surface area contributed by atoms with E-state index in [1.165, 1.54) is 5.56 Å². The summed E-state index contributed by atoms with van der Waals surface area (Å²) in [6.45, 7) is 2.12. The molecule has 0 amide bonds. The van der Waals surface area contributed by atoms with E-state index < -0.39 is 0 Å². The third kappa shape index (κ3) is 1.87. The van der Waals surface area contributed by atoms with Gasteiger partial charge in [0, 0.05) is 3.92 Å². The molecule has 1 nitrogen and oxygen atoms in total. The first-order valence-electron chi connectivity index (χ1n) is 3.13. The van der Waals surface area contributed by atoms with Gasteiger partial charge in [0.1, 0.15) is 5.75 Å². The molecule has 0 heterocycles. The zero-order valence-corrected chi connectivity index (χ0v) is 7.87. The van der Waals surface area contributed by atoms with Crippen LogP contribution in [0.25, 0.3) is 0 Å². The molecule has 1 N–H and O–H groups in total. The average Bonchev–Trinajstić information content (AvgIpc) is 1.88. The fourth-order valence-electron chi connectivity index (χ4n) is 0.740. The molecule has 0 radical (unpaired) electrons. The van der Waals surface area contributed by atoms with Crippen molar-refractivity contribution in [2.45, 2.75) is 10.8 Å². The van der Waals surface area contributed by atoms with Crippen LogP contribution in [-0.4, -0.2) is 5.11 Å². The topological polar surface area (TPSA) is 20.2 Å². The maximum absolute atomic E-state index is 8.94. The molecular weight excluding hydrogens is 239 g/mol. The van der Waals surface area contributed by atoms with E-state index in [0.717, 1.165) is 0 Å². The first-order chi connectivity index (χ1) is 4.70. The van der Waals surface area contributed by atoms with Crippen LogP contribution in [0.4, 0.5) is 0 Å². The lowest BCUT2D eigenvalue weighted by Gasteiger charge is -2.01. The van der Waals surface area contributed by atoms with Gasteiger partial charge in [-0.2, -0.15) is 0 Å². The van der Waals surface area contributed by atoms with Gasteiger partial charge in [0.2, 0.25) is 0 Å². The van der Waals surface area contributed by atoms with Gasteiger partial charge in [-0.15, -0.1) is 0 Å². The molecule has 1 aromatic rings. The smallest absolute Gasteiger partial charge is 0.115 e. The summed E-state index contributed by atoms with van der Waals surface area (Å²) in [7, 11) is 0. The van der Waals surface area contributed by atoms with Crippen LogP contribution in [0.1, 0.15) is 16.4 Å². The van der Waals surface area contributed by atoms with Gasteiger partial charge in [0.05, 0.1) is 0 Å². The highest BCUT2D eigenvalue weighted by Gasteiger charge is 1.97. The van der Waals surface area contributed by atoms with Crippen LogP contribution in [0.15, 0.2) is 24.3 Å². The summed E-state index contributed by atoms with van der Waals surface area (Å²) in [5.41, 5.74) is 1.25. The van der Waals surface area contributed by atoms with Gasteiger partial charge < -0.3 is 5.11 Å². The van der Waals surface area contributed by atoms with E-state index in [2.05, 4.69) is 29.5 Å². The van der Waals surface area contributed by atoms with Crippen molar-refractivity contribution in [3.8, 4) is 5.75 Å². The molecule has 1 aromatic carbocycles. The summed E-state index contributed by atoms with van der Waals surface area (Å²) < 4.78 is 0.512. The van der Waals surface area contributed by atoms with Crippen molar-refractivity contribution < 1.29 is 5.11 Å². The van der Waals surface area contributed by atoms with E-state index in [9.17, 15) is 0 Å². The van der Waals surface area contributed by atoms with Gasteiger partial charge >= 0.3 is 0 Å². The maximum Gasteiger partial charge on any atom is 0.115 e. The molecule has 0 aliphatic rings. The van der Waals surface area contributed by atoms with E-state index in [4.69, 9.17) is 5.11 Å². The van der Waals surface area contributed by atoms with Gasteiger partial charge in [-0.05, 0) is 24.6 Å². The third-order valence-electron chi connectivity index (χ3n) is 1.35. The van der Waals surface area contributed by atoms with Crippen molar-refractivity contribution in [3.05, 3.63) is 29.8 Å². The Hall–Kier alpha value is -0.250. The average molecular weight is 248 g/mol. The molecule has 0 saturated heterocycles. The predicted octanol–water partition coefficient (Wildman–Crippen LogP) is 2.89.